The average molecular weight is 412 g/mol. The van der Waals surface area contributed by atoms with E-state index in [1.54, 1.807) is 6.08 Å². The van der Waals surface area contributed by atoms with Crippen LogP contribution < -0.4 is 5.11 Å². The summed E-state index contributed by atoms with van der Waals surface area (Å²) in [5.74, 6) is -2.17. The molecular weight excluding hydrogens is 376 g/mol. The Morgan fingerprint density at radius 2 is 0.900 bits per heavy atom. The highest BCUT2D eigenvalue weighted by molar-refractivity contribution is 5.80. The Morgan fingerprint density at radius 1 is 0.567 bits per heavy atom. The number of allylic oxidation sites excluding steroid dienone is 16. The van der Waals surface area contributed by atoms with Crippen molar-refractivity contribution in [2.75, 3.05) is 0 Å². The Balaban J connectivity index is -0.00000364. The molecule has 0 unspecified atom stereocenters. The molecule has 0 spiro atoms. The lowest BCUT2D eigenvalue weighted by Gasteiger charge is -1.92. The van der Waals surface area contributed by atoms with Crippen molar-refractivity contribution in [2.24, 2.45) is 0 Å². The number of aliphatic carboxylic acids is 2. The molecule has 0 fully saturated rings. The van der Waals surface area contributed by atoms with Gasteiger partial charge in [-0.2, -0.15) is 0 Å². The van der Waals surface area contributed by atoms with Crippen LogP contribution in [0.2, 0.25) is 0 Å². The van der Waals surface area contributed by atoms with Crippen molar-refractivity contribution in [1.82, 2.24) is 0 Å². The van der Waals surface area contributed by atoms with E-state index < -0.39 is 11.9 Å². The van der Waals surface area contributed by atoms with E-state index in [1.807, 2.05) is 88.5 Å². The maximum atomic E-state index is 10.4. The summed E-state index contributed by atoms with van der Waals surface area (Å²) in [5, 5.41) is 18.9. The molecule has 0 aromatic carbocycles. The molecule has 0 aliphatic heterocycles. The smallest absolute Gasteiger partial charge is 0.328 e. The van der Waals surface area contributed by atoms with Crippen molar-refractivity contribution < 1.29 is 19.8 Å². The summed E-state index contributed by atoms with van der Waals surface area (Å²) >= 11 is 0. The maximum Gasteiger partial charge on any atom is 0.328 e. The van der Waals surface area contributed by atoms with Crippen LogP contribution in [-0.4, -0.2) is 17.0 Å². The number of rotatable bonds is 10. The fourth-order valence-corrected chi connectivity index (χ4v) is 1.74. The molecule has 0 saturated carbocycles. The SMILES string of the molecule is C.C.CC(/C=C/C=C(C)/C=C/C(=O)[O-])=C\C=C\C=C(C)\C=C\C=C(C)\C=C\C(=O)O. The molecule has 4 nitrogen and oxygen atoms in total. The minimum absolute atomic E-state index is 0. The fourth-order valence-electron chi connectivity index (χ4n) is 1.74. The largest absolute Gasteiger partial charge is 0.545 e. The maximum absolute atomic E-state index is 10.4. The van der Waals surface area contributed by atoms with Crippen molar-refractivity contribution in [3.8, 4) is 0 Å². The van der Waals surface area contributed by atoms with E-state index in [4.69, 9.17) is 5.11 Å². The molecule has 0 radical (unpaired) electrons. The van der Waals surface area contributed by atoms with Gasteiger partial charge in [0.15, 0.2) is 0 Å². The van der Waals surface area contributed by atoms with Crippen molar-refractivity contribution in [3.05, 3.63) is 107 Å². The quantitative estimate of drug-likeness (QED) is 0.372. The summed E-state index contributed by atoms with van der Waals surface area (Å²) in [4.78, 5) is 20.8. The van der Waals surface area contributed by atoms with Gasteiger partial charge in [-0.25, -0.2) is 4.79 Å². The van der Waals surface area contributed by atoms with Gasteiger partial charge in [0.05, 0.1) is 5.97 Å². The zero-order valence-corrected chi connectivity index (χ0v) is 16.8. The lowest BCUT2D eigenvalue weighted by molar-refractivity contribution is -0.297. The molecule has 0 atom stereocenters. The Bertz CT molecular complexity index is 740. The van der Waals surface area contributed by atoms with Crippen LogP contribution in [0.15, 0.2) is 107 Å². The minimum Gasteiger partial charge on any atom is -0.545 e. The fraction of sp³-hybridized carbons (Fsp3) is 0.231. The van der Waals surface area contributed by atoms with Crippen molar-refractivity contribution >= 4 is 11.9 Å². The predicted octanol–water partition coefficient (Wildman–Crippen LogP) is 5.66. The first-order chi connectivity index (χ1) is 13.2. The Hall–Kier alpha value is -3.40. The van der Waals surface area contributed by atoms with Gasteiger partial charge in [0, 0.05) is 6.08 Å². The van der Waals surface area contributed by atoms with Crippen LogP contribution in [-0.2, 0) is 9.59 Å². The summed E-state index contributed by atoms with van der Waals surface area (Å²) in [6, 6.07) is 0. The lowest BCUT2D eigenvalue weighted by Crippen LogP contribution is -2.18. The van der Waals surface area contributed by atoms with Crippen LogP contribution in [0.5, 0.6) is 0 Å². The molecule has 0 aromatic heterocycles. The molecule has 164 valence electrons. The van der Waals surface area contributed by atoms with E-state index in [2.05, 4.69) is 0 Å². The number of hydrogen-bond acceptors (Lipinski definition) is 3. The molecule has 0 heterocycles. The third kappa shape index (κ3) is 20.9. The monoisotopic (exact) mass is 411 g/mol. The second-order valence-corrected chi connectivity index (χ2v) is 6.07. The van der Waals surface area contributed by atoms with E-state index in [0.717, 1.165) is 34.4 Å². The first-order valence-corrected chi connectivity index (χ1v) is 8.72. The Kier molecular flexibility index (Phi) is 19.8. The van der Waals surface area contributed by atoms with E-state index in [9.17, 15) is 14.7 Å². The number of carbonyl (C=O) groups is 2. The van der Waals surface area contributed by atoms with Crippen LogP contribution in [0.4, 0.5) is 0 Å². The van der Waals surface area contributed by atoms with Crippen LogP contribution in [0.1, 0.15) is 42.5 Å². The highest BCUT2D eigenvalue weighted by Crippen LogP contribution is 2.02. The van der Waals surface area contributed by atoms with E-state index in [0.29, 0.717) is 0 Å². The lowest BCUT2D eigenvalue weighted by atomic mass is 10.2. The molecule has 0 aromatic rings. The van der Waals surface area contributed by atoms with Crippen LogP contribution in [0, 0.1) is 0 Å². The molecule has 30 heavy (non-hydrogen) atoms. The summed E-state index contributed by atoms with van der Waals surface area (Å²) in [6.07, 6.45) is 24.2. The van der Waals surface area contributed by atoms with E-state index in [1.165, 1.54) is 6.08 Å². The van der Waals surface area contributed by atoms with Crippen molar-refractivity contribution in [2.45, 2.75) is 42.5 Å². The summed E-state index contributed by atoms with van der Waals surface area (Å²) in [5.41, 5.74) is 3.78. The van der Waals surface area contributed by atoms with E-state index in [-0.39, 0.29) is 14.9 Å². The number of carboxylic acid groups (broad SMARTS) is 2. The van der Waals surface area contributed by atoms with Gasteiger partial charge in [-0.3, -0.25) is 0 Å². The van der Waals surface area contributed by atoms with Gasteiger partial charge in [0.25, 0.3) is 0 Å². The van der Waals surface area contributed by atoms with Gasteiger partial charge in [-0.1, -0.05) is 110 Å². The molecule has 0 amide bonds. The first kappa shape index (κ1) is 31.3. The Labute approximate surface area is 182 Å². The summed E-state index contributed by atoms with van der Waals surface area (Å²) in [6.45, 7) is 7.58. The highest BCUT2D eigenvalue weighted by Gasteiger charge is 1.85. The molecule has 0 rings (SSSR count). The van der Waals surface area contributed by atoms with Crippen LogP contribution in [0.3, 0.4) is 0 Å². The van der Waals surface area contributed by atoms with Crippen molar-refractivity contribution in [3.63, 3.8) is 0 Å². The summed E-state index contributed by atoms with van der Waals surface area (Å²) < 4.78 is 0. The normalized spacial score (nSPS) is 14.1. The molecule has 0 saturated heterocycles. The molecular formula is C26H35O4-. The Morgan fingerprint density at radius 3 is 1.27 bits per heavy atom. The van der Waals surface area contributed by atoms with Gasteiger partial charge < -0.3 is 15.0 Å². The van der Waals surface area contributed by atoms with Gasteiger partial charge >= 0.3 is 5.97 Å². The standard InChI is InChI=1S/C24H28O4.2CH4/c1-19(11-7-13-21(3)15-17-23(25)26)9-5-6-10-20(2)12-8-14-22(4)16-18-24(27)28;;/h5-18H,1-4H3,(H,25,26)(H,27,28);2*1H4/p-1/b6-5+,11-7+,12-8+,17-15+,18-16+,19-9+,20-10+,21-13+,22-14+;;. The molecule has 0 bridgehead atoms. The highest BCUT2D eigenvalue weighted by atomic mass is 16.4. The van der Waals surface area contributed by atoms with E-state index >= 15 is 0 Å². The third-order valence-electron chi connectivity index (χ3n) is 3.24. The number of hydrogen-bond donors (Lipinski definition) is 1. The molecule has 1 N–H and O–H groups in total. The number of carboxylic acids is 2. The minimum atomic E-state index is -1.21. The van der Waals surface area contributed by atoms with Crippen LogP contribution in [0.25, 0.3) is 0 Å². The summed E-state index contributed by atoms with van der Waals surface area (Å²) in [7, 11) is 0. The van der Waals surface area contributed by atoms with Gasteiger partial charge in [-0.15, -0.1) is 0 Å². The second kappa shape index (κ2) is 18.9. The second-order valence-electron chi connectivity index (χ2n) is 6.07. The van der Waals surface area contributed by atoms with Crippen molar-refractivity contribution in [1.29, 1.82) is 0 Å². The zero-order chi connectivity index (χ0) is 21.4. The molecule has 0 aliphatic rings. The zero-order valence-electron chi connectivity index (χ0n) is 16.8. The average Bonchev–Trinajstić information content (AvgIpc) is 2.61. The van der Waals surface area contributed by atoms with Crippen LogP contribution >= 0.6 is 0 Å². The third-order valence-corrected chi connectivity index (χ3v) is 3.24. The van der Waals surface area contributed by atoms with Gasteiger partial charge in [0.2, 0.25) is 0 Å². The van der Waals surface area contributed by atoms with Gasteiger partial charge in [0.1, 0.15) is 0 Å². The first-order valence-electron chi connectivity index (χ1n) is 8.72. The molecule has 0 aliphatic carbocycles. The molecule has 4 heteroatoms. The predicted molar refractivity (Wildman–Crippen MR) is 127 cm³/mol. The number of carbonyl (C=O) groups excluding carboxylic acids is 1. The topological polar surface area (TPSA) is 77.4 Å². The van der Waals surface area contributed by atoms with Gasteiger partial charge in [-0.05, 0) is 33.8 Å².